The SMILES string of the molecule is O=C(COc1ccc(C(=O)c2ccc(F)cc2)cc1)NCc1ccccc1F. The monoisotopic (exact) mass is 381 g/mol. The molecule has 1 amide bonds. The van der Waals surface area contributed by atoms with Gasteiger partial charge in [0.2, 0.25) is 0 Å². The van der Waals surface area contributed by atoms with E-state index in [1.165, 1.54) is 30.3 Å². The van der Waals surface area contributed by atoms with Gasteiger partial charge in [-0.15, -0.1) is 0 Å². The Labute approximate surface area is 160 Å². The first kappa shape index (κ1) is 19.2. The van der Waals surface area contributed by atoms with Gasteiger partial charge in [-0.25, -0.2) is 8.78 Å². The third kappa shape index (κ3) is 5.01. The molecule has 142 valence electrons. The lowest BCUT2D eigenvalue weighted by Crippen LogP contribution is -2.28. The van der Waals surface area contributed by atoms with Gasteiger partial charge < -0.3 is 10.1 Å². The molecule has 0 aliphatic heterocycles. The van der Waals surface area contributed by atoms with Crippen molar-refractivity contribution in [3.8, 4) is 5.75 Å². The average Bonchev–Trinajstić information content (AvgIpc) is 2.72. The lowest BCUT2D eigenvalue weighted by atomic mass is 10.0. The smallest absolute Gasteiger partial charge is 0.258 e. The summed E-state index contributed by atoms with van der Waals surface area (Å²) in [6.45, 7) is -0.167. The van der Waals surface area contributed by atoms with E-state index in [4.69, 9.17) is 4.74 Å². The molecule has 0 atom stereocenters. The minimum Gasteiger partial charge on any atom is -0.484 e. The van der Waals surface area contributed by atoms with Gasteiger partial charge in [0, 0.05) is 23.2 Å². The van der Waals surface area contributed by atoms with Gasteiger partial charge in [-0.2, -0.15) is 0 Å². The third-order valence-corrected chi connectivity index (χ3v) is 4.03. The average molecular weight is 381 g/mol. The highest BCUT2D eigenvalue weighted by Gasteiger charge is 2.10. The molecule has 0 saturated heterocycles. The van der Waals surface area contributed by atoms with E-state index in [0.717, 1.165) is 0 Å². The molecule has 0 bridgehead atoms. The van der Waals surface area contributed by atoms with Crippen molar-refractivity contribution in [1.29, 1.82) is 0 Å². The van der Waals surface area contributed by atoms with E-state index >= 15 is 0 Å². The molecule has 28 heavy (non-hydrogen) atoms. The Balaban J connectivity index is 1.51. The molecule has 0 unspecified atom stereocenters. The number of ketones is 1. The fourth-order valence-electron chi connectivity index (χ4n) is 2.51. The van der Waals surface area contributed by atoms with Crippen LogP contribution in [-0.4, -0.2) is 18.3 Å². The van der Waals surface area contributed by atoms with Crippen LogP contribution < -0.4 is 10.1 Å². The van der Waals surface area contributed by atoms with Gasteiger partial charge in [0.25, 0.3) is 5.91 Å². The number of benzene rings is 3. The molecule has 3 aromatic rings. The Morgan fingerprint density at radius 2 is 1.43 bits per heavy atom. The Morgan fingerprint density at radius 3 is 2.07 bits per heavy atom. The van der Waals surface area contributed by atoms with E-state index in [1.807, 2.05) is 0 Å². The number of carbonyl (C=O) groups excluding carboxylic acids is 2. The summed E-state index contributed by atoms with van der Waals surface area (Å²) in [5.41, 5.74) is 1.19. The molecule has 1 N–H and O–H groups in total. The summed E-state index contributed by atoms with van der Waals surface area (Å²) in [6.07, 6.45) is 0. The third-order valence-electron chi connectivity index (χ3n) is 4.03. The molecule has 0 aliphatic carbocycles. The van der Waals surface area contributed by atoms with Crippen LogP contribution in [0.1, 0.15) is 21.5 Å². The van der Waals surface area contributed by atoms with Crippen molar-refractivity contribution in [2.45, 2.75) is 6.54 Å². The van der Waals surface area contributed by atoms with Gasteiger partial charge in [0.05, 0.1) is 0 Å². The highest BCUT2D eigenvalue weighted by Crippen LogP contribution is 2.16. The van der Waals surface area contributed by atoms with Crippen molar-refractivity contribution in [2.24, 2.45) is 0 Å². The van der Waals surface area contributed by atoms with Crippen LogP contribution in [0.5, 0.6) is 5.75 Å². The molecule has 0 saturated carbocycles. The van der Waals surface area contributed by atoms with Crippen molar-refractivity contribution >= 4 is 11.7 Å². The Morgan fingerprint density at radius 1 is 0.821 bits per heavy atom. The van der Waals surface area contributed by atoms with Gasteiger partial charge in [0.1, 0.15) is 17.4 Å². The number of amides is 1. The highest BCUT2D eigenvalue weighted by molar-refractivity contribution is 6.09. The Bertz CT molecular complexity index is 970. The van der Waals surface area contributed by atoms with Gasteiger partial charge in [-0.05, 0) is 54.6 Å². The number of rotatable bonds is 7. The molecular weight excluding hydrogens is 364 g/mol. The first-order chi connectivity index (χ1) is 13.5. The summed E-state index contributed by atoms with van der Waals surface area (Å²) in [6, 6.07) is 17.8. The molecule has 3 rings (SSSR count). The van der Waals surface area contributed by atoms with Crippen LogP contribution in [0, 0.1) is 11.6 Å². The Kier molecular flexibility index (Phi) is 6.11. The van der Waals surface area contributed by atoms with Gasteiger partial charge in [0.15, 0.2) is 12.4 Å². The lowest BCUT2D eigenvalue weighted by molar-refractivity contribution is -0.123. The Hall–Kier alpha value is -3.54. The second-order valence-corrected chi connectivity index (χ2v) is 6.02. The zero-order valence-electron chi connectivity index (χ0n) is 14.8. The van der Waals surface area contributed by atoms with Crippen molar-refractivity contribution in [3.05, 3.63) is 101 Å². The van der Waals surface area contributed by atoms with E-state index in [0.29, 0.717) is 22.4 Å². The predicted octanol–water partition coefficient (Wildman–Crippen LogP) is 3.89. The van der Waals surface area contributed by atoms with E-state index in [9.17, 15) is 18.4 Å². The zero-order chi connectivity index (χ0) is 19.9. The van der Waals surface area contributed by atoms with E-state index in [2.05, 4.69) is 5.32 Å². The van der Waals surface area contributed by atoms with Crippen LogP contribution in [0.4, 0.5) is 8.78 Å². The lowest BCUT2D eigenvalue weighted by Gasteiger charge is -2.09. The summed E-state index contributed by atoms with van der Waals surface area (Å²) in [4.78, 5) is 24.2. The molecule has 4 nitrogen and oxygen atoms in total. The van der Waals surface area contributed by atoms with Crippen LogP contribution in [-0.2, 0) is 11.3 Å². The predicted molar refractivity (Wildman–Crippen MR) is 100 cm³/mol. The first-order valence-electron chi connectivity index (χ1n) is 8.56. The number of carbonyl (C=O) groups is 2. The maximum atomic E-state index is 13.5. The normalized spacial score (nSPS) is 10.4. The number of nitrogens with one attached hydrogen (secondary N) is 1. The summed E-state index contributed by atoms with van der Waals surface area (Å²) in [7, 11) is 0. The second kappa shape index (κ2) is 8.90. The molecular formula is C22H17F2NO3. The van der Waals surface area contributed by atoms with Crippen LogP contribution in [0.25, 0.3) is 0 Å². The number of hydrogen-bond acceptors (Lipinski definition) is 3. The van der Waals surface area contributed by atoms with E-state index in [-0.39, 0.29) is 24.8 Å². The summed E-state index contributed by atoms with van der Waals surface area (Å²) >= 11 is 0. The maximum Gasteiger partial charge on any atom is 0.258 e. The quantitative estimate of drug-likeness (QED) is 0.632. The van der Waals surface area contributed by atoms with Gasteiger partial charge >= 0.3 is 0 Å². The van der Waals surface area contributed by atoms with Crippen LogP contribution >= 0.6 is 0 Å². The number of halogens is 2. The fraction of sp³-hybridized carbons (Fsp3) is 0.0909. The molecule has 0 aromatic heterocycles. The standard InChI is InChI=1S/C22H17F2NO3/c23-18-9-5-15(6-10-18)22(27)16-7-11-19(12-8-16)28-14-21(26)25-13-17-3-1-2-4-20(17)24/h1-12H,13-14H2,(H,25,26). The topological polar surface area (TPSA) is 55.4 Å². The molecule has 0 radical (unpaired) electrons. The van der Waals surface area contributed by atoms with Crippen molar-refractivity contribution in [1.82, 2.24) is 5.32 Å². The molecule has 6 heteroatoms. The fourth-order valence-corrected chi connectivity index (χ4v) is 2.51. The van der Waals surface area contributed by atoms with E-state index in [1.54, 1.807) is 42.5 Å². The van der Waals surface area contributed by atoms with E-state index < -0.39 is 11.7 Å². The number of ether oxygens (including phenoxy) is 1. The highest BCUT2D eigenvalue weighted by atomic mass is 19.1. The molecule has 0 fully saturated rings. The van der Waals surface area contributed by atoms with Gasteiger partial charge in [-0.3, -0.25) is 9.59 Å². The maximum absolute atomic E-state index is 13.5. The summed E-state index contributed by atoms with van der Waals surface area (Å²) < 4.78 is 31.8. The summed E-state index contributed by atoms with van der Waals surface area (Å²) in [5.74, 6) is -1.01. The van der Waals surface area contributed by atoms with Crippen molar-refractivity contribution in [2.75, 3.05) is 6.61 Å². The molecule has 0 spiro atoms. The first-order valence-corrected chi connectivity index (χ1v) is 8.56. The molecule has 0 aliphatic rings. The summed E-state index contributed by atoms with van der Waals surface area (Å²) in [5, 5.41) is 2.58. The van der Waals surface area contributed by atoms with Crippen LogP contribution in [0.2, 0.25) is 0 Å². The molecule has 0 heterocycles. The zero-order valence-corrected chi connectivity index (χ0v) is 14.8. The minimum atomic E-state index is -0.409. The second-order valence-electron chi connectivity index (χ2n) is 6.02. The van der Waals surface area contributed by atoms with Gasteiger partial charge in [-0.1, -0.05) is 18.2 Å². The largest absolute Gasteiger partial charge is 0.484 e. The van der Waals surface area contributed by atoms with Crippen LogP contribution in [0.3, 0.4) is 0 Å². The van der Waals surface area contributed by atoms with Crippen molar-refractivity contribution < 1.29 is 23.1 Å². The molecule has 3 aromatic carbocycles. The minimum absolute atomic E-state index is 0.0694. The van der Waals surface area contributed by atoms with Crippen molar-refractivity contribution in [3.63, 3.8) is 0 Å². The van der Waals surface area contributed by atoms with Crippen LogP contribution in [0.15, 0.2) is 72.8 Å². The number of hydrogen-bond donors (Lipinski definition) is 1.